The number of rotatable bonds is 5. The molecule has 0 aromatic rings. The number of amides is 2. The zero-order chi connectivity index (χ0) is 13.7. The first-order valence-corrected chi connectivity index (χ1v) is 6.14. The van der Waals surface area contributed by atoms with E-state index in [9.17, 15) is 14.4 Å². The van der Waals surface area contributed by atoms with Crippen LogP contribution in [0.15, 0.2) is 0 Å². The number of primary amides is 1. The van der Waals surface area contributed by atoms with Gasteiger partial charge in [0, 0.05) is 18.9 Å². The van der Waals surface area contributed by atoms with Crippen LogP contribution in [-0.2, 0) is 19.1 Å². The van der Waals surface area contributed by atoms with E-state index in [2.05, 4.69) is 4.74 Å². The van der Waals surface area contributed by atoms with Gasteiger partial charge in [0.15, 0.2) is 0 Å². The van der Waals surface area contributed by atoms with Gasteiger partial charge in [-0.3, -0.25) is 14.4 Å². The number of carbonyl (C=O) groups is 3. The third-order valence-corrected chi connectivity index (χ3v) is 3.30. The summed E-state index contributed by atoms with van der Waals surface area (Å²) in [6.07, 6.45) is 2.06. The maximum absolute atomic E-state index is 12.1. The number of hydrogen-bond donors (Lipinski definition) is 1. The van der Waals surface area contributed by atoms with Crippen molar-refractivity contribution in [2.45, 2.75) is 38.6 Å². The summed E-state index contributed by atoms with van der Waals surface area (Å²) in [5.74, 6) is -1.20. The Hall–Kier alpha value is -1.59. The van der Waals surface area contributed by atoms with Crippen LogP contribution < -0.4 is 5.73 Å². The van der Waals surface area contributed by atoms with E-state index in [-0.39, 0.29) is 24.2 Å². The fraction of sp³-hybridized carbons (Fsp3) is 0.750. The largest absolute Gasteiger partial charge is 0.469 e. The number of esters is 1. The van der Waals surface area contributed by atoms with Crippen molar-refractivity contribution in [2.24, 2.45) is 11.7 Å². The third-order valence-electron chi connectivity index (χ3n) is 3.30. The Labute approximate surface area is 106 Å². The van der Waals surface area contributed by atoms with E-state index in [1.807, 2.05) is 0 Å². The van der Waals surface area contributed by atoms with E-state index >= 15 is 0 Å². The Morgan fingerprint density at radius 1 is 1.44 bits per heavy atom. The molecule has 1 heterocycles. The number of nitrogens with zero attached hydrogens (tertiary/aromatic N) is 1. The normalized spacial score (nSPS) is 20.6. The highest BCUT2D eigenvalue weighted by molar-refractivity contribution is 5.88. The summed E-state index contributed by atoms with van der Waals surface area (Å²) in [6.45, 7) is 2.32. The van der Waals surface area contributed by atoms with Crippen molar-refractivity contribution in [1.29, 1.82) is 0 Å². The van der Waals surface area contributed by atoms with Crippen LogP contribution in [0.4, 0.5) is 0 Å². The van der Waals surface area contributed by atoms with Crippen LogP contribution >= 0.6 is 0 Å². The molecule has 1 aliphatic heterocycles. The standard InChI is InChI=1S/C12H20N2O4/c1-8(5-6-10(15)18-2)12(17)14-7-3-4-9(14)11(13)16/h8-9H,3-7H2,1-2H3,(H2,13,16)/t8?,9-/m0/s1. The smallest absolute Gasteiger partial charge is 0.305 e. The summed E-state index contributed by atoms with van der Waals surface area (Å²) >= 11 is 0. The molecule has 2 amide bonds. The number of methoxy groups -OCH3 is 1. The molecule has 0 aliphatic carbocycles. The molecule has 0 aromatic carbocycles. The number of nitrogens with two attached hydrogens (primary N) is 1. The van der Waals surface area contributed by atoms with Crippen molar-refractivity contribution in [3.8, 4) is 0 Å². The van der Waals surface area contributed by atoms with Crippen molar-refractivity contribution < 1.29 is 19.1 Å². The van der Waals surface area contributed by atoms with Gasteiger partial charge in [-0.2, -0.15) is 0 Å². The highest BCUT2D eigenvalue weighted by atomic mass is 16.5. The molecule has 102 valence electrons. The van der Waals surface area contributed by atoms with Crippen LogP contribution in [0.3, 0.4) is 0 Å². The van der Waals surface area contributed by atoms with E-state index in [0.717, 1.165) is 6.42 Å². The third kappa shape index (κ3) is 3.45. The van der Waals surface area contributed by atoms with E-state index in [4.69, 9.17) is 5.73 Å². The molecule has 0 aromatic heterocycles. The predicted octanol–water partition coefficient (Wildman–Crippen LogP) is 0.0520. The minimum atomic E-state index is -0.488. The lowest BCUT2D eigenvalue weighted by molar-refractivity contribution is -0.143. The zero-order valence-corrected chi connectivity index (χ0v) is 10.8. The quantitative estimate of drug-likeness (QED) is 0.704. The molecule has 2 N–H and O–H groups in total. The van der Waals surface area contributed by atoms with Gasteiger partial charge in [0.05, 0.1) is 7.11 Å². The van der Waals surface area contributed by atoms with E-state index < -0.39 is 11.9 Å². The molecule has 0 bridgehead atoms. The molecule has 6 heteroatoms. The van der Waals surface area contributed by atoms with Gasteiger partial charge >= 0.3 is 5.97 Å². The lowest BCUT2D eigenvalue weighted by Crippen LogP contribution is -2.45. The van der Waals surface area contributed by atoms with Crippen LogP contribution in [0.2, 0.25) is 0 Å². The summed E-state index contributed by atoms with van der Waals surface area (Å²) in [5, 5.41) is 0. The van der Waals surface area contributed by atoms with Gasteiger partial charge in [0.25, 0.3) is 0 Å². The summed E-state index contributed by atoms with van der Waals surface area (Å²) in [4.78, 5) is 35.9. The molecular weight excluding hydrogens is 236 g/mol. The van der Waals surface area contributed by atoms with Crippen LogP contribution in [0.25, 0.3) is 0 Å². The van der Waals surface area contributed by atoms with Gasteiger partial charge in [0.1, 0.15) is 6.04 Å². The molecule has 1 aliphatic rings. The van der Waals surface area contributed by atoms with Gasteiger partial charge < -0.3 is 15.4 Å². The zero-order valence-electron chi connectivity index (χ0n) is 10.8. The van der Waals surface area contributed by atoms with Crippen LogP contribution in [-0.4, -0.2) is 42.4 Å². The Morgan fingerprint density at radius 2 is 2.11 bits per heavy atom. The van der Waals surface area contributed by atoms with Crippen LogP contribution in [0, 0.1) is 5.92 Å². The average Bonchev–Trinajstić information content (AvgIpc) is 2.83. The van der Waals surface area contributed by atoms with Crippen molar-refractivity contribution in [2.75, 3.05) is 13.7 Å². The molecule has 0 saturated carbocycles. The van der Waals surface area contributed by atoms with Crippen molar-refractivity contribution in [3.63, 3.8) is 0 Å². The molecular formula is C12H20N2O4. The predicted molar refractivity (Wildman–Crippen MR) is 64.3 cm³/mol. The van der Waals surface area contributed by atoms with Crippen LogP contribution in [0.5, 0.6) is 0 Å². The lowest BCUT2D eigenvalue weighted by atomic mass is 10.0. The molecule has 6 nitrogen and oxygen atoms in total. The monoisotopic (exact) mass is 256 g/mol. The maximum Gasteiger partial charge on any atom is 0.305 e. The SMILES string of the molecule is COC(=O)CCC(C)C(=O)N1CCC[C@H]1C(N)=O. The fourth-order valence-electron chi connectivity index (χ4n) is 2.17. The van der Waals surface area contributed by atoms with Gasteiger partial charge in [-0.25, -0.2) is 0 Å². The molecule has 2 atom stereocenters. The second-order valence-electron chi connectivity index (χ2n) is 4.61. The topological polar surface area (TPSA) is 89.7 Å². The fourth-order valence-corrected chi connectivity index (χ4v) is 2.17. The minimum Gasteiger partial charge on any atom is -0.469 e. The van der Waals surface area contributed by atoms with Crippen molar-refractivity contribution in [1.82, 2.24) is 4.90 Å². The van der Waals surface area contributed by atoms with Gasteiger partial charge in [-0.15, -0.1) is 0 Å². The second kappa shape index (κ2) is 6.37. The first kappa shape index (κ1) is 14.5. The summed E-state index contributed by atoms with van der Waals surface area (Å²) < 4.78 is 4.53. The Bertz CT molecular complexity index is 343. The number of ether oxygens (including phenoxy) is 1. The molecule has 18 heavy (non-hydrogen) atoms. The lowest BCUT2D eigenvalue weighted by Gasteiger charge is -2.25. The van der Waals surface area contributed by atoms with Gasteiger partial charge in [0.2, 0.25) is 11.8 Å². The molecule has 1 rings (SSSR count). The molecule has 1 saturated heterocycles. The summed E-state index contributed by atoms with van der Waals surface area (Å²) in [5.41, 5.74) is 5.26. The summed E-state index contributed by atoms with van der Waals surface area (Å²) in [7, 11) is 1.32. The molecule has 0 spiro atoms. The summed E-state index contributed by atoms with van der Waals surface area (Å²) in [6, 6.07) is -0.488. The van der Waals surface area contributed by atoms with E-state index in [1.165, 1.54) is 12.0 Å². The second-order valence-corrected chi connectivity index (χ2v) is 4.61. The Morgan fingerprint density at radius 3 is 2.67 bits per heavy atom. The average molecular weight is 256 g/mol. The highest BCUT2D eigenvalue weighted by Gasteiger charge is 2.34. The van der Waals surface area contributed by atoms with E-state index in [1.54, 1.807) is 6.92 Å². The number of hydrogen-bond acceptors (Lipinski definition) is 4. The molecule has 1 fully saturated rings. The van der Waals surface area contributed by atoms with Crippen molar-refractivity contribution in [3.05, 3.63) is 0 Å². The Balaban J connectivity index is 2.52. The van der Waals surface area contributed by atoms with E-state index in [0.29, 0.717) is 19.4 Å². The number of likely N-dealkylation sites (tertiary alicyclic amines) is 1. The van der Waals surface area contributed by atoms with Crippen molar-refractivity contribution >= 4 is 17.8 Å². The molecule has 0 radical (unpaired) electrons. The first-order valence-electron chi connectivity index (χ1n) is 6.14. The highest BCUT2D eigenvalue weighted by Crippen LogP contribution is 2.21. The van der Waals surface area contributed by atoms with Crippen LogP contribution in [0.1, 0.15) is 32.6 Å². The minimum absolute atomic E-state index is 0.111. The first-order chi connectivity index (χ1) is 8.47. The molecule has 1 unspecified atom stereocenters. The Kier molecular flexibility index (Phi) is 5.12. The maximum atomic E-state index is 12.1. The number of carbonyl (C=O) groups excluding carboxylic acids is 3. The van der Waals surface area contributed by atoms with Gasteiger partial charge in [-0.1, -0.05) is 6.92 Å². The van der Waals surface area contributed by atoms with Gasteiger partial charge in [-0.05, 0) is 19.3 Å².